The Balaban J connectivity index is 1.18. The van der Waals surface area contributed by atoms with Gasteiger partial charge in [0.05, 0.1) is 12.7 Å². The molecule has 2 aliphatic heterocycles. The highest BCUT2D eigenvalue weighted by atomic mass is 16.5. The second-order valence-corrected chi connectivity index (χ2v) is 9.60. The summed E-state index contributed by atoms with van der Waals surface area (Å²) < 4.78 is 5.23. The molecular weight excluding hydrogens is 454 g/mol. The SMILES string of the molecule is COc1ccc(CCN2CCN(C(=O)C3CCCN3C(=O)c3ccc4ccccc4c3O)CC2)cc1. The maximum absolute atomic E-state index is 13.4. The summed E-state index contributed by atoms with van der Waals surface area (Å²) in [4.78, 5) is 32.8. The molecule has 0 aliphatic carbocycles. The minimum Gasteiger partial charge on any atom is -0.506 e. The number of rotatable bonds is 6. The molecule has 7 nitrogen and oxygen atoms in total. The van der Waals surface area contributed by atoms with Crippen LogP contribution < -0.4 is 4.74 Å². The van der Waals surface area contributed by atoms with Crippen LogP contribution in [-0.2, 0) is 11.2 Å². The Labute approximate surface area is 211 Å². The number of hydrogen-bond donors (Lipinski definition) is 1. The van der Waals surface area contributed by atoms with Crippen LogP contribution in [0, 0.1) is 0 Å². The van der Waals surface area contributed by atoms with Gasteiger partial charge in [0.2, 0.25) is 5.91 Å². The van der Waals surface area contributed by atoms with E-state index in [1.165, 1.54) is 5.56 Å². The zero-order chi connectivity index (χ0) is 25.1. The Morgan fingerprint density at radius 2 is 1.69 bits per heavy atom. The number of nitrogens with zero attached hydrogens (tertiary/aromatic N) is 3. The number of methoxy groups -OCH3 is 1. The van der Waals surface area contributed by atoms with E-state index in [1.54, 1.807) is 18.1 Å². The monoisotopic (exact) mass is 487 g/mol. The lowest BCUT2D eigenvalue weighted by Gasteiger charge is -2.37. The van der Waals surface area contributed by atoms with Crippen molar-refractivity contribution in [3.05, 3.63) is 71.8 Å². The van der Waals surface area contributed by atoms with Gasteiger partial charge in [-0.2, -0.15) is 0 Å². The number of fused-ring (bicyclic) bond motifs is 1. The Kier molecular flexibility index (Phi) is 7.09. The summed E-state index contributed by atoms with van der Waals surface area (Å²) in [5.74, 6) is 0.603. The van der Waals surface area contributed by atoms with Crippen LogP contribution in [0.25, 0.3) is 10.8 Å². The van der Waals surface area contributed by atoms with Crippen molar-refractivity contribution >= 4 is 22.6 Å². The average molecular weight is 488 g/mol. The number of likely N-dealkylation sites (tertiary alicyclic amines) is 1. The molecule has 0 spiro atoms. The third kappa shape index (κ3) is 4.88. The van der Waals surface area contributed by atoms with E-state index in [0.29, 0.717) is 31.4 Å². The Hall–Kier alpha value is -3.58. The minimum absolute atomic E-state index is 0.0123. The quantitative estimate of drug-likeness (QED) is 0.576. The van der Waals surface area contributed by atoms with E-state index in [0.717, 1.165) is 43.6 Å². The fraction of sp³-hybridized carbons (Fsp3) is 0.379. The highest BCUT2D eigenvalue weighted by Crippen LogP contribution is 2.31. The highest BCUT2D eigenvalue weighted by Gasteiger charge is 2.38. The molecule has 36 heavy (non-hydrogen) atoms. The standard InChI is InChI=1S/C29H33N3O4/c1-36-23-11-8-21(9-12-23)14-16-30-17-19-31(20-18-30)29(35)26-7-4-15-32(26)28(34)25-13-10-22-5-2-3-6-24(22)27(25)33/h2-3,5-6,8-13,26,33H,4,7,14-20H2,1H3. The van der Waals surface area contributed by atoms with Crippen molar-refractivity contribution in [3.63, 3.8) is 0 Å². The number of phenolic OH excluding ortho intramolecular Hbond substituents is 1. The Morgan fingerprint density at radius 3 is 2.44 bits per heavy atom. The normalized spacial score (nSPS) is 18.5. The van der Waals surface area contributed by atoms with Crippen molar-refractivity contribution in [2.24, 2.45) is 0 Å². The third-order valence-corrected chi connectivity index (χ3v) is 7.49. The summed E-state index contributed by atoms with van der Waals surface area (Å²) >= 11 is 0. The van der Waals surface area contributed by atoms with E-state index in [1.807, 2.05) is 47.4 Å². The average Bonchev–Trinajstić information content (AvgIpc) is 3.42. The van der Waals surface area contributed by atoms with Crippen LogP contribution in [0.15, 0.2) is 60.7 Å². The molecule has 0 aromatic heterocycles. The first-order valence-electron chi connectivity index (χ1n) is 12.7. The highest BCUT2D eigenvalue weighted by molar-refractivity contribution is 6.05. The second kappa shape index (κ2) is 10.6. The van der Waals surface area contributed by atoms with Gasteiger partial charge in [-0.1, -0.05) is 42.5 Å². The molecule has 1 unspecified atom stereocenters. The topological polar surface area (TPSA) is 73.3 Å². The largest absolute Gasteiger partial charge is 0.506 e. The van der Waals surface area contributed by atoms with Crippen molar-refractivity contribution in [2.75, 3.05) is 46.4 Å². The lowest BCUT2D eigenvalue weighted by Crippen LogP contribution is -2.54. The summed E-state index contributed by atoms with van der Waals surface area (Å²) in [6.07, 6.45) is 2.41. The molecule has 2 heterocycles. The molecule has 1 atom stereocenters. The molecule has 188 valence electrons. The fourth-order valence-electron chi connectivity index (χ4n) is 5.33. The van der Waals surface area contributed by atoms with Crippen molar-refractivity contribution in [1.29, 1.82) is 0 Å². The molecule has 1 N–H and O–H groups in total. The van der Waals surface area contributed by atoms with Gasteiger partial charge in [-0.3, -0.25) is 14.5 Å². The number of hydrogen-bond acceptors (Lipinski definition) is 5. The predicted octanol–water partition coefficient (Wildman–Crippen LogP) is 3.55. The van der Waals surface area contributed by atoms with E-state index in [-0.39, 0.29) is 23.1 Å². The van der Waals surface area contributed by atoms with Crippen LogP contribution in [0.2, 0.25) is 0 Å². The van der Waals surface area contributed by atoms with E-state index < -0.39 is 6.04 Å². The van der Waals surface area contributed by atoms with Crippen LogP contribution in [-0.4, -0.2) is 84.0 Å². The van der Waals surface area contributed by atoms with Gasteiger partial charge in [-0.15, -0.1) is 0 Å². The second-order valence-electron chi connectivity index (χ2n) is 9.60. The summed E-state index contributed by atoms with van der Waals surface area (Å²) in [7, 11) is 1.67. The number of aromatic hydroxyl groups is 1. The van der Waals surface area contributed by atoms with E-state index in [4.69, 9.17) is 4.74 Å². The molecule has 7 heteroatoms. The molecule has 2 fully saturated rings. The smallest absolute Gasteiger partial charge is 0.258 e. The van der Waals surface area contributed by atoms with Crippen LogP contribution in [0.4, 0.5) is 0 Å². The van der Waals surface area contributed by atoms with Gasteiger partial charge >= 0.3 is 0 Å². The van der Waals surface area contributed by atoms with Crippen LogP contribution >= 0.6 is 0 Å². The summed E-state index contributed by atoms with van der Waals surface area (Å²) in [5, 5.41) is 12.3. The summed E-state index contributed by atoms with van der Waals surface area (Å²) in [5.41, 5.74) is 1.53. The Morgan fingerprint density at radius 1 is 0.944 bits per heavy atom. The molecule has 3 aromatic carbocycles. The van der Waals surface area contributed by atoms with Crippen LogP contribution in [0.5, 0.6) is 11.5 Å². The molecular formula is C29H33N3O4. The van der Waals surface area contributed by atoms with Gasteiger partial charge in [-0.05, 0) is 48.4 Å². The third-order valence-electron chi connectivity index (χ3n) is 7.49. The maximum Gasteiger partial charge on any atom is 0.258 e. The van der Waals surface area contributed by atoms with E-state index in [9.17, 15) is 14.7 Å². The minimum atomic E-state index is -0.464. The van der Waals surface area contributed by atoms with Gasteiger partial charge in [0, 0.05) is 44.7 Å². The van der Waals surface area contributed by atoms with Gasteiger partial charge < -0.3 is 19.6 Å². The first kappa shape index (κ1) is 24.1. The first-order valence-corrected chi connectivity index (χ1v) is 12.7. The lowest BCUT2D eigenvalue weighted by atomic mass is 10.0. The zero-order valence-corrected chi connectivity index (χ0v) is 20.7. The number of benzene rings is 3. The van der Waals surface area contributed by atoms with E-state index in [2.05, 4.69) is 17.0 Å². The van der Waals surface area contributed by atoms with Gasteiger partial charge in [0.1, 0.15) is 17.5 Å². The molecule has 2 saturated heterocycles. The van der Waals surface area contributed by atoms with Crippen molar-refractivity contribution in [2.45, 2.75) is 25.3 Å². The van der Waals surface area contributed by atoms with Crippen LogP contribution in [0.3, 0.4) is 0 Å². The number of ether oxygens (including phenoxy) is 1. The van der Waals surface area contributed by atoms with Crippen LogP contribution in [0.1, 0.15) is 28.8 Å². The molecule has 0 bridgehead atoms. The Bertz CT molecular complexity index is 1240. The summed E-state index contributed by atoms with van der Waals surface area (Å²) in [6, 6.07) is 18.7. The van der Waals surface area contributed by atoms with Crippen molar-refractivity contribution in [3.8, 4) is 11.5 Å². The van der Waals surface area contributed by atoms with Gasteiger partial charge in [-0.25, -0.2) is 0 Å². The predicted molar refractivity (Wildman–Crippen MR) is 139 cm³/mol. The van der Waals surface area contributed by atoms with Crippen molar-refractivity contribution < 1.29 is 19.4 Å². The molecule has 5 rings (SSSR count). The fourth-order valence-corrected chi connectivity index (χ4v) is 5.33. The maximum atomic E-state index is 13.4. The number of phenols is 1. The van der Waals surface area contributed by atoms with Gasteiger partial charge in [0.25, 0.3) is 5.91 Å². The molecule has 2 aliphatic rings. The number of piperazine rings is 1. The molecule has 3 aromatic rings. The first-order chi connectivity index (χ1) is 17.5. The number of carbonyl (C=O) groups excluding carboxylic acids is 2. The van der Waals surface area contributed by atoms with E-state index >= 15 is 0 Å². The van der Waals surface area contributed by atoms with Gasteiger partial charge in [0.15, 0.2) is 0 Å². The molecule has 0 radical (unpaired) electrons. The number of amides is 2. The van der Waals surface area contributed by atoms with Crippen molar-refractivity contribution in [1.82, 2.24) is 14.7 Å². The molecule has 2 amide bonds. The molecule has 0 saturated carbocycles. The zero-order valence-electron chi connectivity index (χ0n) is 20.7. The summed E-state index contributed by atoms with van der Waals surface area (Å²) in [6.45, 7) is 4.47. The number of carbonyl (C=O) groups is 2. The lowest BCUT2D eigenvalue weighted by molar-refractivity contribution is -0.137.